The third-order valence-electron chi connectivity index (χ3n) is 9.24. The van der Waals surface area contributed by atoms with Gasteiger partial charge in [0.1, 0.15) is 29.5 Å². The van der Waals surface area contributed by atoms with Crippen molar-refractivity contribution in [2.75, 3.05) is 40.0 Å². The molecule has 2 fully saturated rings. The number of morpholine rings is 1. The van der Waals surface area contributed by atoms with Crippen LogP contribution in [0, 0.1) is 0 Å². The Labute approximate surface area is 252 Å². The van der Waals surface area contributed by atoms with Crippen molar-refractivity contribution in [3.8, 4) is 17.2 Å². The van der Waals surface area contributed by atoms with Crippen molar-refractivity contribution in [3.05, 3.63) is 51.6 Å². The summed E-state index contributed by atoms with van der Waals surface area (Å²) in [6, 6.07) is 4.04. The number of phenolic OH excluding ortho intramolecular Hbond substituents is 2. The molecule has 13 nitrogen and oxygen atoms in total. The lowest BCUT2D eigenvalue weighted by Gasteiger charge is -2.46. The number of benzene rings is 2. The molecule has 13 heteroatoms. The number of rotatable bonds is 6. The van der Waals surface area contributed by atoms with Gasteiger partial charge in [-0.3, -0.25) is 19.3 Å². The SMILES string of the molecule is COc1cccc2c1C(=O)c1c(O)c3c(c(O)c1C2=O)C[C@@](O)(C(=O)CO)C[C@@H]3O[C@H]1C[C@H](N2CCOCC2)[C@H](O)[C@H](C)O1. The topological polar surface area (TPSA) is 193 Å². The Kier molecular flexibility index (Phi) is 7.99. The molecule has 2 aromatic rings. The number of nitrogens with zero attached hydrogens (tertiary/aromatic N) is 1. The molecular formula is C31H35NO12. The molecule has 0 bridgehead atoms. The van der Waals surface area contributed by atoms with Crippen molar-refractivity contribution in [2.24, 2.45) is 0 Å². The van der Waals surface area contributed by atoms with Crippen molar-refractivity contribution in [1.29, 1.82) is 0 Å². The zero-order chi connectivity index (χ0) is 31.5. The number of Topliss-reactive ketones (excluding diaryl/α,β-unsaturated/α-hetero) is 1. The Morgan fingerprint density at radius 1 is 1.09 bits per heavy atom. The van der Waals surface area contributed by atoms with Gasteiger partial charge in [-0.05, 0) is 13.0 Å². The summed E-state index contributed by atoms with van der Waals surface area (Å²) >= 11 is 0. The van der Waals surface area contributed by atoms with Gasteiger partial charge in [0, 0.05) is 55.1 Å². The number of aliphatic hydroxyl groups is 3. The summed E-state index contributed by atoms with van der Waals surface area (Å²) in [4.78, 5) is 42.3. The third-order valence-corrected chi connectivity index (χ3v) is 9.24. The van der Waals surface area contributed by atoms with Gasteiger partial charge in [0.05, 0.1) is 55.3 Å². The zero-order valence-electron chi connectivity index (χ0n) is 24.3. The molecule has 0 saturated carbocycles. The molecule has 2 aromatic carbocycles. The first-order chi connectivity index (χ1) is 21.0. The van der Waals surface area contributed by atoms with Crippen LogP contribution in [-0.2, 0) is 25.4 Å². The van der Waals surface area contributed by atoms with Gasteiger partial charge in [0.15, 0.2) is 17.9 Å². The maximum absolute atomic E-state index is 13.8. The summed E-state index contributed by atoms with van der Waals surface area (Å²) in [5.74, 6) is -3.68. The second-order valence-corrected chi connectivity index (χ2v) is 11.7. The Morgan fingerprint density at radius 2 is 1.80 bits per heavy atom. The van der Waals surface area contributed by atoms with Crippen LogP contribution in [0.4, 0.5) is 0 Å². The Balaban J connectivity index is 1.45. The minimum atomic E-state index is -2.24. The summed E-state index contributed by atoms with van der Waals surface area (Å²) in [6.07, 6.45) is -4.66. The number of hydrogen-bond acceptors (Lipinski definition) is 13. The second kappa shape index (κ2) is 11.5. The molecule has 0 spiro atoms. The number of hydrogen-bond donors (Lipinski definition) is 5. The van der Waals surface area contributed by atoms with E-state index >= 15 is 0 Å². The van der Waals surface area contributed by atoms with E-state index in [0.717, 1.165) is 0 Å². The minimum absolute atomic E-state index is 0.0425. The monoisotopic (exact) mass is 613 g/mol. The molecule has 5 N–H and O–H groups in total. The summed E-state index contributed by atoms with van der Waals surface area (Å²) in [6.45, 7) is 2.83. The maximum atomic E-state index is 13.8. The van der Waals surface area contributed by atoms with Crippen LogP contribution in [0.15, 0.2) is 18.2 Å². The van der Waals surface area contributed by atoms with Gasteiger partial charge in [-0.15, -0.1) is 0 Å². The highest BCUT2D eigenvalue weighted by Crippen LogP contribution is 2.52. The van der Waals surface area contributed by atoms with E-state index in [-0.39, 0.29) is 40.5 Å². The quantitative estimate of drug-likeness (QED) is 0.240. The predicted molar refractivity (Wildman–Crippen MR) is 150 cm³/mol. The molecule has 0 aromatic heterocycles. The van der Waals surface area contributed by atoms with E-state index in [2.05, 4.69) is 4.90 Å². The lowest BCUT2D eigenvalue weighted by atomic mass is 9.72. The van der Waals surface area contributed by atoms with Crippen molar-refractivity contribution in [2.45, 2.75) is 62.4 Å². The van der Waals surface area contributed by atoms with Crippen molar-refractivity contribution < 1.29 is 58.9 Å². The summed E-state index contributed by atoms with van der Waals surface area (Å²) in [7, 11) is 1.34. The van der Waals surface area contributed by atoms with Crippen LogP contribution in [0.5, 0.6) is 17.2 Å². The Hall–Kier alpha value is -3.43. The molecule has 6 rings (SSSR count). The number of phenols is 2. The van der Waals surface area contributed by atoms with Crippen molar-refractivity contribution in [3.63, 3.8) is 0 Å². The second-order valence-electron chi connectivity index (χ2n) is 11.7. The molecule has 2 aliphatic carbocycles. The predicted octanol–water partition coefficient (Wildman–Crippen LogP) is 0.375. The fourth-order valence-corrected chi connectivity index (χ4v) is 6.96. The van der Waals surface area contributed by atoms with Gasteiger partial charge in [-0.1, -0.05) is 12.1 Å². The minimum Gasteiger partial charge on any atom is -0.507 e. The average Bonchev–Trinajstić information content (AvgIpc) is 3.02. The Morgan fingerprint density at radius 3 is 2.48 bits per heavy atom. The van der Waals surface area contributed by atoms with Crippen LogP contribution >= 0.6 is 0 Å². The third kappa shape index (κ3) is 4.79. The van der Waals surface area contributed by atoms with Crippen molar-refractivity contribution in [1.82, 2.24) is 4.90 Å². The summed E-state index contributed by atoms with van der Waals surface area (Å²) in [5, 5.41) is 55.2. The first-order valence-corrected chi connectivity index (χ1v) is 14.5. The molecule has 0 unspecified atom stereocenters. The molecule has 236 valence electrons. The first kappa shape index (κ1) is 30.6. The van der Waals surface area contributed by atoms with Crippen LogP contribution in [0.3, 0.4) is 0 Å². The van der Waals surface area contributed by atoms with Crippen LogP contribution in [-0.4, -0.2) is 118 Å². The maximum Gasteiger partial charge on any atom is 0.202 e. The fourth-order valence-electron chi connectivity index (χ4n) is 6.96. The van der Waals surface area contributed by atoms with E-state index in [1.807, 2.05) is 0 Å². The highest BCUT2D eigenvalue weighted by molar-refractivity contribution is 6.31. The zero-order valence-corrected chi connectivity index (χ0v) is 24.3. The van der Waals surface area contributed by atoms with Crippen molar-refractivity contribution >= 4 is 17.3 Å². The normalized spacial score (nSPS) is 30.3. The van der Waals surface area contributed by atoms with Crippen LogP contribution < -0.4 is 4.74 Å². The lowest BCUT2D eigenvalue weighted by Crippen LogP contribution is -2.58. The van der Waals surface area contributed by atoms with Gasteiger partial charge < -0.3 is 44.5 Å². The molecule has 2 aliphatic heterocycles. The smallest absolute Gasteiger partial charge is 0.202 e. The number of methoxy groups -OCH3 is 1. The number of ether oxygens (including phenoxy) is 4. The van der Waals surface area contributed by atoms with Gasteiger partial charge in [0.2, 0.25) is 5.78 Å². The van der Waals surface area contributed by atoms with Gasteiger partial charge in [0.25, 0.3) is 0 Å². The van der Waals surface area contributed by atoms with E-state index in [1.165, 1.54) is 25.3 Å². The highest BCUT2D eigenvalue weighted by atomic mass is 16.7. The molecule has 4 aliphatic rings. The number of aliphatic hydroxyl groups excluding tert-OH is 2. The van der Waals surface area contributed by atoms with Crippen LogP contribution in [0.2, 0.25) is 0 Å². The van der Waals surface area contributed by atoms with E-state index in [9.17, 15) is 39.9 Å². The fraction of sp³-hybridized carbons (Fsp3) is 0.516. The van der Waals surface area contributed by atoms with Gasteiger partial charge in [-0.2, -0.15) is 0 Å². The molecule has 2 heterocycles. The van der Waals surface area contributed by atoms with E-state index in [0.29, 0.717) is 26.3 Å². The molecule has 44 heavy (non-hydrogen) atoms. The molecule has 0 radical (unpaired) electrons. The first-order valence-electron chi connectivity index (χ1n) is 14.5. The average molecular weight is 614 g/mol. The van der Waals surface area contributed by atoms with E-state index in [1.54, 1.807) is 6.92 Å². The highest BCUT2D eigenvalue weighted by Gasteiger charge is 2.50. The molecular weight excluding hydrogens is 578 g/mol. The van der Waals surface area contributed by atoms with Gasteiger partial charge >= 0.3 is 0 Å². The summed E-state index contributed by atoms with van der Waals surface area (Å²) < 4.78 is 23.0. The number of aromatic hydroxyl groups is 2. The van der Waals surface area contributed by atoms with E-state index < -0.39 is 89.6 Å². The van der Waals surface area contributed by atoms with Crippen LogP contribution in [0.1, 0.15) is 68.8 Å². The summed E-state index contributed by atoms with van der Waals surface area (Å²) in [5.41, 5.74) is -3.52. The number of fused-ring (bicyclic) bond motifs is 3. The number of ketones is 3. The number of carbonyl (C=O) groups excluding carboxylic acids is 3. The standard InChI is InChI=1S/C31H35NO12/c1-14-26(35)17(32-6-8-42-9-7-32)10-21(43-14)44-19-12-31(40,20(34)13-33)11-16-23(19)30(39)25-24(28(16)37)27(36)15-4-3-5-18(41-2)22(15)29(25)38/h3-5,14,17,19,21,26,33,35,37,39-40H,6-13H2,1-2H3/t14-,17-,19-,21-,26+,31-/m0/s1. The largest absolute Gasteiger partial charge is 0.507 e. The number of carbonyl (C=O) groups is 3. The molecule has 2 saturated heterocycles. The Bertz CT molecular complexity index is 1520. The van der Waals surface area contributed by atoms with Gasteiger partial charge in [-0.25, -0.2) is 0 Å². The molecule has 0 amide bonds. The molecule has 6 atom stereocenters. The van der Waals surface area contributed by atoms with E-state index in [4.69, 9.17) is 18.9 Å². The van der Waals surface area contributed by atoms with Crippen LogP contribution in [0.25, 0.3) is 0 Å². The lowest BCUT2D eigenvalue weighted by molar-refractivity contribution is -0.260.